The van der Waals surface area contributed by atoms with E-state index in [1.54, 1.807) is 19.1 Å². The first-order chi connectivity index (χ1) is 11.0. The fraction of sp³-hybridized carbons (Fsp3) is 0.133. The van der Waals surface area contributed by atoms with Gasteiger partial charge in [-0.15, -0.1) is 11.3 Å². The number of hydrogen-bond donors (Lipinski definition) is 2. The molecule has 0 spiro atoms. The van der Waals surface area contributed by atoms with Crippen LogP contribution in [0.3, 0.4) is 0 Å². The van der Waals surface area contributed by atoms with Crippen LogP contribution in [0.25, 0.3) is 21.3 Å². The fourth-order valence-corrected chi connectivity index (χ4v) is 3.93. The molecule has 3 N–H and O–H groups in total. The topological polar surface area (TPSA) is 88.8 Å². The molecule has 2 heterocycles. The van der Waals surface area contributed by atoms with Crippen LogP contribution in [-0.4, -0.2) is 21.1 Å². The van der Waals surface area contributed by atoms with E-state index < -0.39 is 11.2 Å². The van der Waals surface area contributed by atoms with Crippen LogP contribution in [0.5, 0.6) is 0 Å². The maximum Gasteiger partial charge on any atom is 0.260 e. The highest BCUT2D eigenvalue weighted by atomic mass is 35.5. The zero-order valence-corrected chi connectivity index (χ0v) is 14.4. The van der Waals surface area contributed by atoms with Gasteiger partial charge in [0.25, 0.3) is 5.56 Å². The van der Waals surface area contributed by atoms with Crippen molar-refractivity contribution in [3.63, 3.8) is 0 Å². The monoisotopic (exact) mass is 365 g/mol. The van der Waals surface area contributed by atoms with Crippen LogP contribution in [0.1, 0.15) is 6.92 Å². The fourth-order valence-electron chi connectivity index (χ4n) is 2.05. The Kier molecular flexibility index (Phi) is 4.43. The molecule has 118 valence electrons. The molecular formula is C15H12ClN3O2S2. The average molecular weight is 366 g/mol. The van der Waals surface area contributed by atoms with Crippen molar-refractivity contribution in [2.75, 3.05) is 0 Å². The Labute approximate surface area is 144 Å². The van der Waals surface area contributed by atoms with Crippen molar-refractivity contribution in [1.82, 2.24) is 9.97 Å². The number of fused-ring (bicyclic) bond motifs is 1. The number of carbonyl (C=O) groups excluding carboxylic acids is 1. The first kappa shape index (κ1) is 16.0. The summed E-state index contributed by atoms with van der Waals surface area (Å²) in [5.74, 6) is -0.453. The molecule has 0 aliphatic carbocycles. The molecule has 5 nitrogen and oxygen atoms in total. The second-order valence-corrected chi connectivity index (χ2v) is 7.49. The van der Waals surface area contributed by atoms with Gasteiger partial charge in [0.15, 0.2) is 5.16 Å². The quantitative estimate of drug-likeness (QED) is 0.548. The predicted molar refractivity (Wildman–Crippen MR) is 95.2 cm³/mol. The summed E-state index contributed by atoms with van der Waals surface area (Å²) < 4.78 is 0. The zero-order chi connectivity index (χ0) is 16.6. The van der Waals surface area contributed by atoms with Gasteiger partial charge in [0.2, 0.25) is 5.91 Å². The number of H-pyrrole nitrogens is 1. The number of nitrogens with zero attached hydrogens (tertiary/aromatic N) is 1. The summed E-state index contributed by atoms with van der Waals surface area (Å²) in [5, 5.41) is 2.99. The summed E-state index contributed by atoms with van der Waals surface area (Å²) in [6, 6.07) is 7.28. The van der Waals surface area contributed by atoms with Crippen molar-refractivity contribution < 1.29 is 4.79 Å². The highest BCUT2D eigenvalue weighted by Gasteiger charge is 2.16. The number of carbonyl (C=O) groups is 1. The van der Waals surface area contributed by atoms with Gasteiger partial charge in [0.1, 0.15) is 4.83 Å². The van der Waals surface area contributed by atoms with Crippen molar-refractivity contribution in [2.45, 2.75) is 17.3 Å². The summed E-state index contributed by atoms with van der Waals surface area (Å²) in [6.45, 7) is 1.67. The second kappa shape index (κ2) is 6.35. The van der Waals surface area contributed by atoms with E-state index >= 15 is 0 Å². The summed E-state index contributed by atoms with van der Waals surface area (Å²) in [6.07, 6.45) is 0. The molecule has 2 aromatic heterocycles. The molecule has 1 atom stereocenters. The van der Waals surface area contributed by atoms with Crippen LogP contribution < -0.4 is 11.3 Å². The molecule has 0 bridgehead atoms. The first-order valence-electron chi connectivity index (χ1n) is 6.69. The van der Waals surface area contributed by atoms with E-state index in [0.717, 1.165) is 22.9 Å². The number of nitrogens with one attached hydrogen (secondary N) is 1. The normalized spacial score (nSPS) is 12.4. The molecule has 1 aromatic carbocycles. The Morgan fingerprint density at radius 1 is 1.39 bits per heavy atom. The average Bonchev–Trinajstić information content (AvgIpc) is 2.92. The summed E-state index contributed by atoms with van der Waals surface area (Å²) in [7, 11) is 0. The summed E-state index contributed by atoms with van der Waals surface area (Å²) in [4.78, 5) is 31.3. The lowest BCUT2D eigenvalue weighted by molar-refractivity contribution is -0.117. The van der Waals surface area contributed by atoms with Crippen LogP contribution in [0.2, 0.25) is 5.02 Å². The summed E-state index contributed by atoms with van der Waals surface area (Å²) >= 11 is 8.42. The van der Waals surface area contributed by atoms with E-state index in [4.69, 9.17) is 17.3 Å². The maximum absolute atomic E-state index is 12.4. The van der Waals surface area contributed by atoms with Gasteiger partial charge in [-0.2, -0.15) is 0 Å². The minimum absolute atomic E-state index is 0.236. The van der Waals surface area contributed by atoms with E-state index in [0.29, 0.717) is 20.4 Å². The number of halogens is 1. The van der Waals surface area contributed by atoms with Gasteiger partial charge in [0.05, 0.1) is 10.6 Å². The van der Waals surface area contributed by atoms with Crippen LogP contribution in [0.15, 0.2) is 39.6 Å². The number of thioether (sulfide) groups is 1. The Bertz CT molecular complexity index is 934. The number of nitrogens with two attached hydrogens (primary N) is 1. The van der Waals surface area contributed by atoms with Crippen LogP contribution in [-0.2, 0) is 4.79 Å². The molecule has 1 amide bonds. The predicted octanol–water partition coefficient (Wildman–Crippen LogP) is 3.27. The van der Waals surface area contributed by atoms with E-state index in [2.05, 4.69) is 9.97 Å². The smallest absolute Gasteiger partial charge is 0.260 e. The molecule has 3 rings (SSSR count). The Hall–Kier alpha value is -1.83. The number of benzene rings is 1. The largest absolute Gasteiger partial charge is 0.369 e. The molecular weight excluding hydrogens is 354 g/mol. The number of rotatable bonds is 4. The number of aromatic amines is 1. The molecule has 1 unspecified atom stereocenters. The van der Waals surface area contributed by atoms with Crippen LogP contribution in [0, 0.1) is 0 Å². The molecule has 0 aliphatic rings. The Balaban J connectivity index is 2.06. The molecule has 0 saturated carbocycles. The molecule has 8 heteroatoms. The molecule has 23 heavy (non-hydrogen) atoms. The Morgan fingerprint density at radius 3 is 2.74 bits per heavy atom. The number of hydrogen-bond acceptors (Lipinski definition) is 5. The zero-order valence-electron chi connectivity index (χ0n) is 12.0. The van der Waals surface area contributed by atoms with Crippen LogP contribution in [0.4, 0.5) is 0 Å². The van der Waals surface area contributed by atoms with Crippen LogP contribution >= 0.6 is 34.7 Å². The van der Waals surface area contributed by atoms with E-state index in [1.165, 1.54) is 11.3 Å². The van der Waals surface area contributed by atoms with E-state index in [1.807, 2.05) is 17.5 Å². The third-order valence-corrected chi connectivity index (χ3v) is 5.39. The number of primary amides is 1. The number of thiophene rings is 1. The second-order valence-electron chi connectivity index (χ2n) is 4.87. The first-order valence-corrected chi connectivity index (χ1v) is 8.83. The third kappa shape index (κ3) is 3.26. The number of aromatic nitrogens is 2. The van der Waals surface area contributed by atoms with E-state index in [9.17, 15) is 9.59 Å². The highest BCUT2D eigenvalue weighted by molar-refractivity contribution is 8.00. The van der Waals surface area contributed by atoms with Crippen molar-refractivity contribution >= 4 is 50.8 Å². The lowest BCUT2D eigenvalue weighted by Crippen LogP contribution is -2.23. The summed E-state index contributed by atoms with van der Waals surface area (Å²) in [5.41, 5.74) is 6.72. The molecule has 3 aromatic rings. The lowest BCUT2D eigenvalue weighted by atomic mass is 10.1. The van der Waals surface area contributed by atoms with Gasteiger partial charge in [-0.1, -0.05) is 35.5 Å². The SMILES string of the molecule is CC(Sc1nc2scc(-c3ccc(Cl)cc3)c2c(=O)[nH]1)C(N)=O. The molecule has 0 radical (unpaired) electrons. The van der Waals surface area contributed by atoms with Gasteiger partial charge >= 0.3 is 0 Å². The van der Waals surface area contributed by atoms with Gasteiger partial charge < -0.3 is 10.7 Å². The van der Waals surface area contributed by atoms with Gasteiger partial charge in [-0.3, -0.25) is 9.59 Å². The molecule has 0 aliphatic heterocycles. The minimum Gasteiger partial charge on any atom is -0.369 e. The van der Waals surface area contributed by atoms with Crippen molar-refractivity contribution in [1.29, 1.82) is 0 Å². The maximum atomic E-state index is 12.4. The molecule has 0 fully saturated rings. The minimum atomic E-state index is -0.466. The third-order valence-electron chi connectivity index (χ3n) is 3.27. The van der Waals surface area contributed by atoms with Gasteiger partial charge in [-0.25, -0.2) is 4.98 Å². The van der Waals surface area contributed by atoms with Gasteiger partial charge in [0, 0.05) is 16.0 Å². The Morgan fingerprint density at radius 2 is 2.09 bits per heavy atom. The van der Waals surface area contributed by atoms with E-state index in [-0.39, 0.29) is 5.56 Å². The van der Waals surface area contributed by atoms with Crippen molar-refractivity contribution in [3.8, 4) is 11.1 Å². The van der Waals surface area contributed by atoms with Gasteiger partial charge in [-0.05, 0) is 24.6 Å². The highest BCUT2D eigenvalue weighted by Crippen LogP contribution is 2.32. The number of amides is 1. The van der Waals surface area contributed by atoms with Crippen molar-refractivity contribution in [3.05, 3.63) is 45.0 Å². The van der Waals surface area contributed by atoms with Crippen molar-refractivity contribution in [2.24, 2.45) is 5.73 Å². The lowest BCUT2D eigenvalue weighted by Gasteiger charge is -2.06. The standard InChI is InChI=1S/C15H12ClN3O2S2/c1-7(12(17)20)23-15-18-13(21)11-10(6-22-14(11)19-15)8-2-4-9(16)5-3-8/h2-7H,1H3,(H2,17,20)(H,18,19,21). The molecule has 0 saturated heterocycles.